The van der Waals surface area contributed by atoms with Crippen LogP contribution in [0.4, 0.5) is 0 Å². The Kier molecular flexibility index (Phi) is 5.48. The predicted molar refractivity (Wildman–Crippen MR) is 50.9 cm³/mol. The second-order valence-corrected chi connectivity index (χ2v) is 3.59. The maximum atomic E-state index is 9.33. The van der Waals surface area contributed by atoms with Crippen molar-refractivity contribution in [3.63, 3.8) is 0 Å². The number of pyridine rings is 1. The SMILES string of the molecule is COS(=O)(=O)O.C[n+]1ccccc1C#N. The lowest BCUT2D eigenvalue weighted by Crippen LogP contribution is -2.30. The van der Waals surface area contributed by atoms with E-state index in [9.17, 15) is 8.42 Å². The van der Waals surface area contributed by atoms with E-state index in [0.29, 0.717) is 5.69 Å². The van der Waals surface area contributed by atoms with Gasteiger partial charge in [-0.2, -0.15) is 18.2 Å². The molecule has 0 aliphatic rings. The maximum absolute atomic E-state index is 9.33. The van der Waals surface area contributed by atoms with Gasteiger partial charge in [0, 0.05) is 12.1 Å². The summed E-state index contributed by atoms with van der Waals surface area (Å²) in [5, 5.41) is 8.45. The zero-order chi connectivity index (χ0) is 11.9. The minimum Gasteiger partial charge on any atom is -0.264 e. The summed E-state index contributed by atoms with van der Waals surface area (Å²) in [6.07, 6.45) is 1.85. The van der Waals surface area contributed by atoms with Gasteiger partial charge in [-0.15, -0.1) is 0 Å². The van der Waals surface area contributed by atoms with Crippen molar-refractivity contribution in [2.24, 2.45) is 7.05 Å². The van der Waals surface area contributed by atoms with E-state index in [0.717, 1.165) is 7.11 Å². The van der Waals surface area contributed by atoms with Crippen LogP contribution in [0.15, 0.2) is 24.4 Å². The summed E-state index contributed by atoms with van der Waals surface area (Å²) in [7, 11) is -1.45. The van der Waals surface area contributed by atoms with Gasteiger partial charge in [-0.25, -0.2) is 0 Å². The molecule has 7 heteroatoms. The molecular formula is C8H11N2O4S+. The number of nitriles is 1. The Labute approximate surface area is 88.3 Å². The largest absolute Gasteiger partial charge is 0.397 e. The standard InChI is InChI=1S/C7H7N2.CH4O4S/c1-9-5-3-2-4-7(9)6-8;1-5-6(2,3)4/h2-5H,1H3;1H3,(H,2,3,4)/q+1;. The first-order valence-electron chi connectivity index (χ1n) is 3.78. The molecule has 0 aliphatic heterocycles. The van der Waals surface area contributed by atoms with Gasteiger partial charge in [-0.3, -0.25) is 8.74 Å². The van der Waals surface area contributed by atoms with Crippen molar-refractivity contribution in [3.8, 4) is 6.07 Å². The summed E-state index contributed by atoms with van der Waals surface area (Å²) in [5.74, 6) is 0. The Hall–Kier alpha value is -1.49. The van der Waals surface area contributed by atoms with E-state index >= 15 is 0 Å². The van der Waals surface area contributed by atoms with Gasteiger partial charge in [0.1, 0.15) is 7.05 Å². The second kappa shape index (κ2) is 6.08. The van der Waals surface area contributed by atoms with E-state index in [4.69, 9.17) is 9.81 Å². The van der Waals surface area contributed by atoms with Crippen LogP contribution in [0.3, 0.4) is 0 Å². The van der Waals surface area contributed by atoms with Crippen LogP contribution in [0.5, 0.6) is 0 Å². The monoisotopic (exact) mass is 231 g/mol. The summed E-state index contributed by atoms with van der Waals surface area (Å²) in [6.45, 7) is 0. The zero-order valence-electron chi connectivity index (χ0n) is 8.28. The van der Waals surface area contributed by atoms with Gasteiger partial charge in [0.05, 0.1) is 7.11 Å². The zero-order valence-corrected chi connectivity index (χ0v) is 9.10. The molecule has 0 radical (unpaired) electrons. The average Bonchev–Trinajstić information content (AvgIpc) is 2.18. The van der Waals surface area contributed by atoms with Crippen LogP contribution >= 0.6 is 0 Å². The lowest BCUT2D eigenvalue weighted by molar-refractivity contribution is -0.674. The Bertz CT molecular complexity index is 450. The molecule has 1 aromatic heterocycles. The first-order chi connectivity index (χ1) is 6.90. The molecule has 1 heterocycles. The van der Waals surface area contributed by atoms with Crippen LogP contribution in [0.1, 0.15) is 5.69 Å². The predicted octanol–water partition coefficient (Wildman–Crippen LogP) is -0.182. The van der Waals surface area contributed by atoms with Crippen molar-refractivity contribution < 1.29 is 21.7 Å². The van der Waals surface area contributed by atoms with Crippen molar-refractivity contribution in [2.75, 3.05) is 7.11 Å². The van der Waals surface area contributed by atoms with Crippen molar-refractivity contribution in [1.82, 2.24) is 0 Å². The van der Waals surface area contributed by atoms with E-state index in [1.807, 2.05) is 25.4 Å². The van der Waals surface area contributed by atoms with Gasteiger partial charge >= 0.3 is 10.4 Å². The smallest absolute Gasteiger partial charge is 0.264 e. The molecular weight excluding hydrogens is 220 g/mol. The third-order valence-electron chi connectivity index (χ3n) is 1.38. The minimum atomic E-state index is -4.16. The van der Waals surface area contributed by atoms with E-state index in [1.54, 1.807) is 10.6 Å². The van der Waals surface area contributed by atoms with E-state index < -0.39 is 10.4 Å². The van der Waals surface area contributed by atoms with Crippen LogP contribution in [0, 0.1) is 11.3 Å². The summed E-state index contributed by atoms with van der Waals surface area (Å²) in [6, 6.07) is 7.57. The molecule has 1 N–H and O–H groups in total. The molecule has 0 saturated carbocycles. The fraction of sp³-hybridized carbons (Fsp3) is 0.250. The fourth-order valence-electron chi connectivity index (χ4n) is 0.639. The number of hydrogen-bond donors (Lipinski definition) is 1. The molecule has 0 amide bonds. The van der Waals surface area contributed by atoms with Crippen molar-refractivity contribution in [2.45, 2.75) is 0 Å². The molecule has 6 nitrogen and oxygen atoms in total. The highest BCUT2D eigenvalue weighted by Crippen LogP contribution is 1.84. The summed E-state index contributed by atoms with van der Waals surface area (Å²) in [5.41, 5.74) is 0.678. The molecule has 0 fully saturated rings. The molecule has 82 valence electrons. The van der Waals surface area contributed by atoms with Gasteiger partial charge in [0.2, 0.25) is 0 Å². The third kappa shape index (κ3) is 6.56. The molecule has 0 saturated heterocycles. The molecule has 0 bridgehead atoms. The Balaban J connectivity index is 0.000000288. The quantitative estimate of drug-likeness (QED) is 0.534. The van der Waals surface area contributed by atoms with Crippen molar-refractivity contribution in [1.29, 1.82) is 5.26 Å². The van der Waals surface area contributed by atoms with Crippen LogP contribution in [-0.4, -0.2) is 20.1 Å². The van der Waals surface area contributed by atoms with E-state index in [1.165, 1.54) is 0 Å². The minimum absolute atomic E-state index is 0.678. The molecule has 15 heavy (non-hydrogen) atoms. The van der Waals surface area contributed by atoms with E-state index in [2.05, 4.69) is 10.3 Å². The highest BCUT2D eigenvalue weighted by Gasteiger charge is 1.98. The Morgan fingerprint density at radius 2 is 2.07 bits per heavy atom. The summed E-state index contributed by atoms with van der Waals surface area (Å²) < 4.78 is 31.5. The van der Waals surface area contributed by atoms with E-state index in [-0.39, 0.29) is 0 Å². The summed E-state index contributed by atoms with van der Waals surface area (Å²) in [4.78, 5) is 0. The van der Waals surface area contributed by atoms with Crippen LogP contribution in [-0.2, 0) is 21.6 Å². The Morgan fingerprint density at radius 3 is 2.33 bits per heavy atom. The van der Waals surface area contributed by atoms with Gasteiger partial charge in [-0.1, -0.05) is 0 Å². The van der Waals surface area contributed by atoms with Crippen LogP contribution in [0.25, 0.3) is 0 Å². The van der Waals surface area contributed by atoms with Gasteiger partial charge < -0.3 is 0 Å². The summed E-state index contributed by atoms with van der Waals surface area (Å²) >= 11 is 0. The van der Waals surface area contributed by atoms with Crippen LogP contribution < -0.4 is 4.57 Å². The van der Waals surface area contributed by atoms with Crippen LogP contribution in [0.2, 0.25) is 0 Å². The highest BCUT2D eigenvalue weighted by atomic mass is 32.3. The fourth-order valence-corrected chi connectivity index (χ4v) is 0.639. The lowest BCUT2D eigenvalue weighted by atomic mass is 10.4. The number of nitrogens with zero attached hydrogens (tertiary/aromatic N) is 2. The number of aryl methyl sites for hydroxylation is 1. The number of aromatic nitrogens is 1. The first-order valence-corrected chi connectivity index (χ1v) is 5.15. The van der Waals surface area contributed by atoms with Crippen molar-refractivity contribution >= 4 is 10.4 Å². The first kappa shape index (κ1) is 13.5. The topological polar surface area (TPSA) is 91.3 Å². The number of hydrogen-bond acceptors (Lipinski definition) is 4. The normalized spacial score (nSPS) is 9.73. The molecule has 0 atom stereocenters. The second-order valence-electron chi connectivity index (χ2n) is 2.40. The maximum Gasteiger partial charge on any atom is 0.397 e. The molecule has 1 rings (SSSR count). The molecule has 0 spiro atoms. The van der Waals surface area contributed by atoms with Crippen molar-refractivity contribution in [3.05, 3.63) is 30.1 Å². The lowest BCUT2D eigenvalue weighted by Gasteiger charge is -1.84. The molecule has 0 aliphatic carbocycles. The molecule has 0 aromatic carbocycles. The Morgan fingerprint density at radius 1 is 1.53 bits per heavy atom. The molecule has 0 unspecified atom stereocenters. The average molecular weight is 231 g/mol. The third-order valence-corrected chi connectivity index (χ3v) is 1.80. The highest BCUT2D eigenvalue weighted by molar-refractivity contribution is 7.80. The number of rotatable bonds is 1. The van der Waals surface area contributed by atoms with Gasteiger partial charge in [-0.05, 0) is 6.07 Å². The van der Waals surface area contributed by atoms with Gasteiger partial charge in [0.15, 0.2) is 12.3 Å². The molecule has 1 aromatic rings. The van der Waals surface area contributed by atoms with Gasteiger partial charge in [0.25, 0.3) is 5.69 Å².